The highest BCUT2D eigenvalue weighted by Gasteiger charge is 2.39. The number of hydrogen-bond acceptors (Lipinski definition) is 2. The van der Waals surface area contributed by atoms with Gasteiger partial charge in [-0.15, -0.1) is 0 Å². The van der Waals surface area contributed by atoms with Gasteiger partial charge in [0.15, 0.2) is 0 Å². The van der Waals surface area contributed by atoms with Gasteiger partial charge in [0, 0.05) is 41.6 Å². The number of nitrogens with two attached hydrogens (primary N) is 1. The lowest BCUT2D eigenvalue weighted by molar-refractivity contribution is 0.117. The number of benzene rings is 1. The van der Waals surface area contributed by atoms with E-state index in [9.17, 15) is 0 Å². The van der Waals surface area contributed by atoms with E-state index in [1.54, 1.807) is 0 Å². The first-order valence-corrected chi connectivity index (χ1v) is 7.36. The van der Waals surface area contributed by atoms with E-state index in [0.29, 0.717) is 18.0 Å². The summed E-state index contributed by atoms with van der Waals surface area (Å²) in [5.41, 5.74) is 10.6. The van der Waals surface area contributed by atoms with Crippen molar-refractivity contribution >= 4 is 10.9 Å². The molecule has 100 valence electrons. The summed E-state index contributed by atoms with van der Waals surface area (Å²) in [6, 6.07) is 7.62. The number of piperidine rings is 1. The Morgan fingerprint density at radius 1 is 1.42 bits per heavy atom. The highest BCUT2D eigenvalue weighted by atomic mass is 15.2. The lowest BCUT2D eigenvalue weighted by atomic mass is 9.74. The minimum atomic E-state index is 0.317. The fraction of sp³-hybridized carbons (Fsp3) is 0.500. The Morgan fingerprint density at radius 3 is 3.16 bits per heavy atom. The van der Waals surface area contributed by atoms with E-state index < -0.39 is 0 Å². The Hall–Kier alpha value is -1.32. The van der Waals surface area contributed by atoms with E-state index in [1.807, 2.05) is 0 Å². The van der Waals surface area contributed by atoms with Crippen LogP contribution in [0.15, 0.2) is 24.4 Å². The zero-order chi connectivity index (χ0) is 13.0. The first kappa shape index (κ1) is 11.5. The summed E-state index contributed by atoms with van der Waals surface area (Å²) in [5.74, 6) is 0.607. The highest BCUT2D eigenvalue weighted by molar-refractivity contribution is 5.88. The minimum absolute atomic E-state index is 0.317. The van der Waals surface area contributed by atoms with Crippen LogP contribution in [-0.2, 0) is 6.42 Å². The van der Waals surface area contributed by atoms with Crippen LogP contribution >= 0.6 is 0 Å². The van der Waals surface area contributed by atoms with Crippen LogP contribution in [-0.4, -0.2) is 35.1 Å². The number of nitrogens with one attached hydrogen (secondary N) is 1. The first-order valence-electron chi connectivity index (χ1n) is 7.36. The van der Waals surface area contributed by atoms with Crippen LogP contribution in [0.5, 0.6) is 0 Å². The molecule has 3 N–H and O–H groups in total. The summed E-state index contributed by atoms with van der Waals surface area (Å²) in [4.78, 5) is 6.00. The van der Waals surface area contributed by atoms with E-state index in [4.69, 9.17) is 5.73 Å². The zero-order valence-corrected chi connectivity index (χ0v) is 11.4. The highest BCUT2D eigenvalue weighted by Crippen LogP contribution is 2.42. The van der Waals surface area contributed by atoms with Gasteiger partial charge in [-0.3, -0.25) is 4.90 Å². The number of fused-ring (bicyclic) bond motifs is 2. The summed E-state index contributed by atoms with van der Waals surface area (Å²) >= 11 is 0. The average molecular weight is 255 g/mol. The van der Waals surface area contributed by atoms with Gasteiger partial charge in [0.05, 0.1) is 0 Å². The monoisotopic (exact) mass is 255 g/mol. The van der Waals surface area contributed by atoms with Crippen LogP contribution in [0.2, 0.25) is 0 Å². The molecule has 0 bridgehead atoms. The van der Waals surface area contributed by atoms with Gasteiger partial charge in [0.2, 0.25) is 0 Å². The summed E-state index contributed by atoms with van der Waals surface area (Å²) in [5, 5.41) is 1.47. The quantitative estimate of drug-likeness (QED) is 0.821. The van der Waals surface area contributed by atoms with Gasteiger partial charge in [-0.1, -0.05) is 19.1 Å². The molecule has 4 rings (SSSR count). The largest absolute Gasteiger partial charge is 0.361 e. The number of aromatic nitrogens is 1. The van der Waals surface area contributed by atoms with Crippen LogP contribution in [0.1, 0.15) is 30.4 Å². The third-order valence-electron chi connectivity index (χ3n) is 5.01. The molecule has 1 fully saturated rings. The van der Waals surface area contributed by atoms with E-state index in [-0.39, 0.29) is 0 Å². The molecule has 0 amide bonds. The summed E-state index contributed by atoms with van der Waals surface area (Å²) in [7, 11) is 0. The molecule has 2 aromatic rings. The Labute approximate surface area is 113 Å². The Kier molecular flexibility index (Phi) is 2.47. The summed E-state index contributed by atoms with van der Waals surface area (Å²) < 4.78 is 0. The van der Waals surface area contributed by atoms with Crippen molar-refractivity contribution in [3.8, 4) is 0 Å². The molecule has 3 nitrogen and oxygen atoms in total. The number of H-pyrrole nitrogens is 1. The first-order chi connectivity index (χ1) is 9.28. The van der Waals surface area contributed by atoms with Gasteiger partial charge in [0.1, 0.15) is 0 Å². The SMILES string of the molecule is CCN1CC(N)CC2c3cccc4[nH]cc(c34)C[C@H]21. The van der Waals surface area contributed by atoms with Crippen LogP contribution in [0.25, 0.3) is 10.9 Å². The maximum atomic E-state index is 6.28. The van der Waals surface area contributed by atoms with Crippen LogP contribution in [0.3, 0.4) is 0 Å². The van der Waals surface area contributed by atoms with E-state index >= 15 is 0 Å². The molecule has 0 saturated carbocycles. The zero-order valence-electron chi connectivity index (χ0n) is 11.4. The van der Waals surface area contributed by atoms with E-state index in [1.165, 1.54) is 28.5 Å². The third-order valence-corrected chi connectivity index (χ3v) is 5.01. The fourth-order valence-corrected chi connectivity index (χ4v) is 4.20. The van der Waals surface area contributed by atoms with Gasteiger partial charge >= 0.3 is 0 Å². The van der Waals surface area contributed by atoms with Crippen molar-refractivity contribution < 1.29 is 0 Å². The number of hydrogen-bond donors (Lipinski definition) is 2. The predicted molar refractivity (Wildman–Crippen MR) is 78.4 cm³/mol. The molecule has 2 aliphatic rings. The van der Waals surface area contributed by atoms with Crippen molar-refractivity contribution in [2.75, 3.05) is 13.1 Å². The number of nitrogens with zero attached hydrogens (tertiary/aromatic N) is 1. The van der Waals surface area contributed by atoms with Crippen molar-refractivity contribution in [1.29, 1.82) is 0 Å². The lowest BCUT2D eigenvalue weighted by Gasteiger charge is -2.46. The fourth-order valence-electron chi connectivity index (χ4n) is 4.20. The number of likely N-dealkylation sites (tertiary alicyclic amines) is 1. The number of likely N-dealkylation sites (N-methyl/N-ethyl adjacent to an activating group) is 1. The molecule has 3 atom stereocenters. The Balaban J connectivity index is 1.88. The number of aromatic amines is 1. The second-order valence-corrected chi connectivity index (χ2v) is 6.05. The number of rotatable bonds is 1. The van der Waals surface area contributed by atoms with Gasteiger partial charge in [0.25, 0.3) is 0 Å². The van der Waals surface area contributed by atoms with Crippen LogP contribution in [0.4, 0.5) is 0 Å². The molecule has 1 aliphatic heterocycles. The van der Waals surface area contributed by atoms with E-state index in [0.717, 1.165) is 19.5 Å². The van der Waals surface area contributed by atoms with Crippen molar-refractivity contribution in [2.45, 2.75) is 37.8 Å². The lowest BCUT2D eigenvalue weighted by Crippen LogP contribution is -2.53. The minimum Gasteiger partial charge on any atom is -0.361 e. The average Bonchev–Trinajstić information content (AvgIpc) is 2.84. The topological polar surface area (TPSA) is 45.0 Å². The molecule has 1 aliphatic carbocycles. The van der Waals surface area contributed by atoms with Crippen molar-refractivity contribution in [3.05, 3.63) is 35.5 Å². The van der Waals surface area contributed by atoms with Gasteiger partial charge in [-0.25, -0.2) is 0 Å². The normalized spacial score (nSPS) is 30.5. The Bertz CT molecular complexity index is 615. The molecule has 3 heteroatoms. The maximum absolute atomic E-state index is 6.28. The van der Waals surface area contributed by atoms with Crippen molar-refractivity contribution in [1.82, 2.24) is 9.88 Å². The molecule has 2 heterocycles. The molecule has 0 radical (unpaired) electrons. The van der Waals surface area contributed by atoms with Gasteiger partial charge in [-0.2, -0.15) is 0 Å². The predicted octanol–water partition coefficient (Wildman–Crippen LogP) is 2.23. The van der Waals surface area contributed by atoms with Gasteiger partial charge in [-0.05, 0) is 36.6 Å². The molecule has 1 saturated heterocycles. The molecule has 2 unspecified atom stereocenters. The second kappa shape index (κ2) is 4.09. The molecular formula is C16H21N3. The standard InChI is InChI=1S/C16H21N3/c1-2-19-9-11(17)7-13-12-4-3-5-14-16(12)10(8-18-14)6-15(13)19/h3-5,8,11,13,15,18H,2,6-7,9,17H2,1H3/t11?,13?,15-/m1/s1. The molecule has 1 aromatic heterocycles. The van der Waals surface area contributed by atoms with Gasteiger partial charge < -0.3 is 10.7 Å². The molecular weight excluding hydrogens is 234 g/mol. The second-order valence-electron chi connectivity index (χ2n) is 6.05. The van der Waals surface area contributed by atoms with Crippen molar-refractivity contribution in [3.63, 3.8) is 0 Å². The Morgan fingerprint density at radius 2 is 2.32 bits per heavy atom. The molecule has 0 spiro atoms. The van der Waals surface area contributed by atoms with Crippen LogP contribution in [0, 0.1) is 0 Å². The third kappa shape index (κ3) is 1.58. The molecule has 19 heavy (non-hydrogen) atoms. The van der Waals surface area contributed by atoms with Crippen molar-refractivity contribution in [2.24, 2.45) is 5.73 Å². The van der Waals surface area contributed by atoms with E-state index in [2.05, 4.69) is 41.2 Å². The summed E-state index contributed by atoms with van der Waals surface area (Å²) in [6.07, 6.45) is 4.50. The van der Waals surface area contributed by atoms with Crippen LogP contribution < -0.4 is 5.73 Å². The summed E-state index contributed by atoms with van der Waals surface area (Å²) in [6.45, 7) is 4.40. The molecule has 1 aromatic carbocycles. The maximum Gasteiger partial charge on any atom is 0.0459 e. The smallest absolute Gasteiger partial charge is 0.0459 e.